The van der Waals surface area contributed by atoms with Crippen LogP contribution in [0.1, 0.15) is 12.5 Å². The highest BCUT2D eigenvalue weighted by atomic mass is 35.5. The maximum Gasteiger partial charge on any atom is 0.224 e. The van der Waals surface area contributed by atoms with E-state index in [1.807, 2.05) is 0 Å². The second-order valence-corrected chi connectivity index (χ2v) is 4.91. The molecule has 0 saturated carbocycles. The van der Waals surface area contributed by atoms with Gasteiger partial charge in [0.05, 0.1) is 6.20 Å². The van der Waals surface area contributed by atoms with E-state index in [4.69, 9.17) is 10.5 Å². The van der Waals surface area contributed by atoms with Crippen LogP contribution in [-0.4, -0.2) is 17.4 Å². The van der Waals surface area contributed by atoms with Crippen molar-refractivity contribution in [2.75, 3.05) is 6.54 Å². The lowest BCUT2D eigenvalue weighted by molar-refractivity contribution is -0.124. The van der Waals surface area contributed by atoms with E-state index in [-0.39, 0.29) is 55.5 Å². The molecular formula is C16H20Cl2FN3O2. The number of nitrogens with zero attached hydrogens (tertiary/aromatic N) is 1. The summed E-state index contributed by atoms with van der Waals surface area (Å²) in [4.78, 5) is 15.5. The van der Waals surface area contributed by atoms with Gasteiger partial charge in [0.15, 0.2) is 11.6 Å². The summed E-state index contributed by atoms with van der Waals surface area (Å²) in [6.45, 7) is 2.26. The Balaban J connectivity index is 0.00000264. The molecule has 0 aliphatic heterocycles. The van der Waals surface area contributed by atoms with E-state index in [1.165, 1.54) is 18.3 Å². The number of amides is 1. The van der Waals surface area contributed by atoms with Gasteiger partial charge in [-0.2, -0.15) is 0 Å². The van der Waals surface area contributed by atoms with Crippen LogP contribution < -0.4 is 15.8 Å². The molecule has 1 amide bonds. The zero-order valence-electron chi connectivity index (χ0n) is 13.1. The van der Waals surface area contributed by atoms with Gasteiger partial charge >= 0.3 is 0 Å². The van der Waals surface area contributed by atoms with Crippen LogP contribution in [0.2, 0.25) is 0 Å². The number of benzene rings is 1. The third-order valence-electron chi connectivity index (χ3n) is 3.13. The Hall–Kier alpha value is -1.89. The summed E-state index contributed by atoms with van der Waals surface area (Å²) in [5.41, 5.74) is 6.06. The molecule has 132 valence electrons. The Kier molecular flexibility index (Phi) is 9.95. The van der Waals surface area contributed by atoms with E-state index < -0.39 is 5.82 Å². The number of pyridine rings is 1. The molecule has 8 heteroatoms. The third-order valence-corrected chi connectivity index (χ3v) is 3.13. The minimum Gasteiger partial charge on any atom is -0.453 e. The van der Waals surface area contributed by atoms with Crippen LogP contribution in [0.3, 0.4) is 0 Å². The lowest BCUT2D eigenvalue weighted by Crippen LogP contribution is -2.32. The van der Waals surface area contributed by atoms with Crippen molar-refractivity contribution < 1.29 is 13.9 Å². The minimum atomic E-state index is -0.498. The molecule has 0 saturated heterocycles. The normalized spacial score (nSPS) is 10.8. The molecule has 5 nitrogen and oxygen atoms in total. The Morgan fingerprint density at radius 3 is 2.71 bits per heavy atom. The summed E-state index contributed by atoms with van der Waals surface area (Å²) in [7, 11) is 0. The predicted octanol–water partition coefficient (Wildman–Crippen LogP) is 3.07. The topological polar surface area (TPSA) is 77.2 Å². The van der Waals surface area contributed by atoms with Crippen LogP contribution >= 0.6 is 24.8 Å². The molecular weight excluding hydrogens is 356 g/mol. The smallest absolute Gasteiger partial charge is 0.224 e. The van der Waals surface area contributed by atoms with E-state index in [0.29, 0.717) is 11.3 Å². The summed E-state index contributed by atoms with van der Waals surface area (Å²) in [5.74, 6) is -0.350. The quantitative estimate of drug-likeness (QED) is 0.813. The average Bonchev–Trinajstić information content (AvgIpc) is 2.55. The summed E-state index contributed by atoms with van der Waals surface area (Å²) >= 11 is 0. The highest BCUT2D eigenvalue weighted by Gasteiger charge is 2.11. The summed E-state index contributed by atoms with van der Waals surface area (Å²) < 4.78 is 19.4. The van der Waals surface area contributed by atoms with Crippen molar-refractivity contribution in [2.45, 2.75) is 13.5 Å². The largest absolute Gasteiger partial charge is 0.453 e. The molecule has 1 unspecified atom stereocenters. The lowest BCUT2D eigenvalue weighted by atomic mass is 10.1. The molecule has 0 aliphatic rings. The summed E-state index contributed by atoms with van der Waals surface area (Å²) in [6, 6.07) is 7.95. The number of ether oxygens (including phenoxy) is 1. The number of carbonyl (C=O) groups is 1. The Bertz CT molecular complexity index is 644. The first-order valence-electron chi connectivity index (χ1n) is 6.94. The van der Waals surface area contributed by atoms with Crippen LogP contribution in [-0.2, 0) is 11.3 Å². The second kappa shape index (κ2) is 10.8. The average molecular weight is 376 g/mol. The summed E-state index contributed by atoms with van der Waals surface area (Å²) in [5, 5.41) is 2.71. The van der Waals surface area contributed by atoms with Crippen molar-refractivity contribution in [1.82, 2.24) is 10.3 Å². The second-order valence-electron chi connectivity index (χ2n) is 4.91. The van der Waals surface area contributed by atoms with Crippen molar-refractivity contribution in [2.24, 2.45) is 11.7 Å². The molecule has 1 atom stereocenters. The molecule has 2 aromatic rings. The number of aromatic nitrogens is 1. The zero-order chi connectivity index (χ0) is 15.9. The van der Waals surface area contributed by atoms with Gasteiger partial charge in [0.1, 0.15) is 5.75 Å². The Morgan fingerprint density at radius 1 is 1.38 bits per heavy atom. The van der Waals surface area contributed by atoms with Gasteiger partial charge in [-0.05, 0) is 29.8 Å². The third kappa shape index (κ3) is 6.31. The molecule has 2 rings (SSSR count). The fourth-order valence-corrected chi connectivity index (χ4v) is 1.74. The Morgan fingerprint density at radius 2 is 2.12 bits per heavy atom. The van der Waals surface area contributed by atoms with Gasteiger partial charge in [0, 0.05) is 25.2 Å². The van der Waals surface area contributed by atoms with Gasteiger partial charge in [0.25, 0.3) is 0 Å². The van der Waals surface area contributed by atoms with E-state index >= 15 is 0 Å². The predicted molar refractivity (Wildman–Crippen MR) is 95.3 cm³/mol. The molecule has 1 aromatic heterocycles. The molecule has 1 aromatic carbocycles. The minimum absolute atomic E-state index is 0. The van der Waals surface area contributed by atoms with Crippen LogP contribution in [0.4, 0.5) is 4.39 Å². The fraction of sp³-hybridized carbons (Fsp3) is 0.250. The van der Waals surface area contributed by atoms with Crippen molar-refractivity contribution in [1.29, 1.82) is 0 Å². The molecule has 0 aliphatic carbocycles. The maximum atomic E-state index is 14.0. The first kappa shape index (κ1) is 22.1. The van der Waals surface area contributed by atoms with Crippen molar-refractivity contribution in [3.8, 4) is 11.5 Å². The van der Waals surface area contributed by atoms with Crippen LogP contribution in [0.25, 0.3) is 0 Å². The molecule has 24 heavy (non-hydrogen) atoms. The zero-order valence-corrected chi connectivity index (χ0v) is 14.7. The van der Waals surface area contributed by atoms with E-state index in [2.05, 4.69) is 10.3 Å². The SMILES string of the molecule is CC(CN)C(=O)NCc1ccc(Oc2cccnc2)c(F)c1.Cl.Cl. The van der Waals surface area contributed by atoms with Gasteiger partial charge in [-0.15, -0.1) is 24.8 Å². The van der Waals surface area contributed by atoms with E-state index in [0.717, 1.165) is 0 Å². The highest BCUT2D eigenvalue weighted by Crippen LogP contribution is 2.24. The van der Waals surface area contributed by atoms with E-state index in [1.54, 1.807) is 31.3 Å². The van der Waals surface area contributed by atoms with Crippen LogP contribution in [0, 0.1) is 11.7 Å². The number of hydrogen-bond acceptors (Lipinski definition) is 4. The number of hydrogen-bond donors (Lipinski definition) is 2. The summed E-state index contributed by atoms with van der Waals surface area (Å²) in [6.07, 6.45) is 3.11. The van der Waals surface area contributed by atoms with Crippen molar-refractivity contribution in [3.05, 3.63) is 54.1 Å². The Labute approximate surface area is 152 Å². The number of nitrogens with one attached hydrogen (secondary N) is 1. The fourth-order valence-electron chi connectivity index (χ4n) is 1.74. The van der Waals surface area contributed by atoms with Gasteiger partial charge in [-0.3, -0.25) is 9.78 Å². The first-order valence-corrected chi connectivity index (χ1v) is 6.94. The molecule has 0 fully saturated rings. The van der Waals surface area contributed by atoms with Crippen LogP contribution in [0.5, 0.6) is 11.5 Å². The molecule has 3 N–H and O–H groups in total. The van der Waals surface area contributed by atoms with Gasteiger partial charge in [-0.1, -0.05) is 13.0 Å². The van der Waals surface area contributed by atoms with Gasteiger partial charge < -0.3 is 15.8 Å². The lowest BCUT2D eigenvalue weighted by Gasteiger charge is -2.11. The van der Waals surface area contributed by atoms with E-state index in [9.17, 15) is 9.18 Å². The monoisotopic (exact) mass is 375 g/mol. The van der Waals surface area contributed by atoms with Gasteiger partial charge in [0.2, 0.25) is 5.91 Å². The number of nitrogens with two attached hydrogens (primary N) is 1. The standard InChI is InChI=1S/C16H18FN3O2.2ClH/c1-11(8-18)16(21)20-9-12-4-5-15(14(17)7-12)22-13-3-2-6-19-10-13;;/h2-7,10-11H,8-9,18H2,1H3,(H,20,21);2*1H. The van der Waals surface area contributed by atoms with Gasteiger partial charge in [-0.25, -0.2) is 4.39 Å². The first-order chi connectivity index (χ1) is 10.6. The number of rotatable bonds is 6. The number of halogens is 3. The van der Waals surface area contributed by atoms with Crippen molar-refractivity contribution in [3.63, 3.8) is 0 Å². The molecule has 0 spiro atoms. The van der Waals surface area contributed by atoms with Crippen LogP contribution in [0.15, 0.2) is 42.7 Å². The highest BCUT2D eigenvalue weighted by molar-refractivity contribution is 5.85. The molecule has 0 bridgehead atoms. The number of carbonyl (C=O) groups excluding carboxylic acids is 1. The van der Waals surface area contributed by atoms with Crippen molar-refractivity contribution >= 4 is 30.7 Å². The maximum absolute atomic E-state index is 14.0. The molecule has 0 radical (unpaired) electrons. The molecule has 1 heterocycles.